The molecule has 2 aliphatic heterocycles. The fourth-order valence-electron chi connectivity index (χ4n) is 3.43. The molecule has 1 aromatic carbocycles. The Balaban J connectivity index is 1.57. The second kappa shape index (κ2) is 13.0. The number of morpholine rings is 1. The summed E-state index contributed by atoms with van der Waals surface area (Å²) in [5.74, 6) is -1.71. The maximum absolute atomic E-state index is 13.3. The highest BCUT2D eigenvalue weighted by molar-refractivity contribution is 7.48. The van der Waals surface area contributed by atoms with Crippen molar-refractivity contribution in [1.82, 2.24) is 4.90 Å². The van der Waals surface area contributed by atoms with Gasteiger partial charge in [-0.25, -0.2) is 8.96 Å². The van der Waals surface area contributed by atoms with Crippen LogP contribution in [0.4, 0.5) is 17.6 Å². The van der Waals surface area contributed by atoms with Gasteiger partial charge < -0.3 is 24.8 Å². The Labute approximate surface area is 209 Å². The van der Waals surface area contributed by atoms with Gasteiger partial charge in [0, 0.05) is 18.7 Å². The molecule has 0 amide bonds. The third-order valence-corrected chi connectivity index (χ3v) is 7.03. The van der Waals surface area contributed by atoms with Crippen LogP contribution >= 0.6 is 7.82 Å². The number of phosphoric acid groups is 1. The lowest BCUT2D eigenvalue weighted by molar-refractivity contribution is -0.165. The maximum atomic E-state index is 13.3. The average molecular weight is 561 g/mol. The summed E-state index contributed by atoms with van der Waals surface area (Å²) in [6.07, 6.45) is -14.8. The predicted octanol–water partition coefficient (Wildman–Crippen LogP) is 1.20. The fraction of sp³-hybridized carbons (Fsp3) is 0.667. The third kappa shape index (κ3) is 8.48. The first-order valence-corrected chi connectivity index (χ1v) is 12.7. The van der Waals surface area contributed by atoms with E-state index in [0.29, 0.717) is 31.9 Å². The number of hydrogen-bond acceptors (Lipinski definition) is 11. The molecule has 210 valence electrons. The van der Waals surface area contributed by atoms with Crippen molar-refractivity contribution >= 4 is 13.6 Å². The molecule has 6 atom stereocenters. The minimum absolute atomic E-state index is 0.0705. The van der Waals surface area contributed by atoms with Crippen molar-refractivity contribution in [1.29, 1.82) is 0 Å². The Kier molecular flexibility index (Phi) is 10.6. The molecule has 3 unspecified atom stereocenters. The van der Waals surface area contributed by atoms with Crippen LogP contribution in [0, 0.1) is 0 Å². The van der Waals surface area contributed by atoms with Gasteiger partial charge in [-0.2, -0.15) is 13.2 Å². The first kappa shape index (κ1) is 30.0. The number of ether oxygens (including phenoxy) is 2. The molecular formula is C21H28F4NO10P. The van der Waals surface area contributed by atoms with Crippen LogP contribution in [0.5, 0.6) is 0 Å². The molecule has 3 rings (SSSR count). The van der Waals surface area contributed by atoms with Gasteiger partial charge in [0.1, 0.15) is 25.0 Å². The Morgan fingerprint density at radius 3 is 2.30 bits per heavy atom. The number of aliphatic hydroxyl groups is 3. The number of rotatable bonds is 12. The van der Waals surface area contributed by atoms with Gasteiger partial charge in [-0.15, -0.1) is 0 Å². The summed E-state index contributed by atoms with van der Waals surface area (Å²) in [7, 11) is -4.26. The summed E-state index contributed by atoms with van der Waals surface area (Å²) in [5, 5.41) is 29.0. The molecule has 37 heavy (non-hydrogen) atoms. The van der Waals surface area contributed by atoms with E-state index in [1.165, 1.54) is 12.1 Å². The van der Waals surface area contributed by atoms with E-state index in [4.69, 9.17) is 23.0 Å². The quantitative estimate of drug-likeness (QED) is 0.192. The molecule has 0 aliphatic carbocycles. The summed E-state index contributed by atoms with van der Waals surface area (Å²) in [5.41, 5.74) is 0.0105. The van der Waals surface area contributed by atoms with Gasteiger partial charge in [0.2, 0.25) is 5.78 Å². The topological polar surface area (TPSA) is 144 Å². The van der Waals surface area contributed by atoms with Gasteiger partial charge in [-0.05, 0) is 12.0 Å². The Hall–Kier alpha value is -1.52. The van der Waals surface area contributed by atoms with Crippen LogP contribution < -0.4 is 0 Å². The molecule has 2 aliphatic rings. The molecule has 0 radical (unpaired) electrons. The molecule has 0 bridgehead atoms. The van der Waals surface area contributed by atoms with E-state index in [0.717, 1.165) is 12.1 Å². The fourth-order valence-corrected chi connectivity index (χ4v) is 4.60. The van der Waals surface area contributed by atoms with Crippen LogP contribution in [0.15, 0.2) is 24.3 Å². The van der Waals surface area contributed by atoms with Gasteiger partial charge in [0.05, 0.1) is 26.4 Å². The van der Waals surface area contributed by atoms with Crippen LogP contribution in [0.1, 0.15) is 15.9 Å². The number of aliphatic hydroxyl groups excluding tert-OH is 3. The SMILES string of the molecule is O=C(c1ccc(CCOP(=O)(OCC2O[C@H](O)[C@H](O)[C@@H]2O)OCN2CCOCC2)cc1)C(F)C(F)(F)F. The summed E-state index contributed by atoms with van der Waals surface area (Å²) >= 11 is 0. The number of alkyl halides is 4. The minimum Gasteiger partial charge on any atom is -0.387 e. The van der Waals surface area contributed by atoms with Crippen molar-refractivity contribution in [3.8, 4) is 0 Å². The summed E-state index contributed by atoms with van der Waals surface area (Å²) in [6, 6.07) is 4.67. The van der Waals surface area contributed by atoms with Gasteiger partial charge in [-0.3, -0.25) is 23.3 Å². The van der Waals surface area contributed by atoms with Gasteiger partial charge >= 0.3 is 14.0 Å². The monoisotopic (exact) mass is 561 g/mol. The average Bonchev–Trinajstić information content (AvgIpc) is 3.12. The second-order valence-electron chi connectivity index (χ2n) is 8.33. The standard InChI is InChI=1S/C21H28F4NO10P/c22-19(21(23,24)25)16(27)14-3-1-13(2-4-14)5-8-33-37(31,35-12-26-6-9-32-10-7-26)34-11-15-17(28)18(29)20(30)36-15/h1-4,15,17-20,28-30H,5-12H2/t15?,17-,18-,19?,20+,37?/m1/s1. The number of benzene rings is 1. The van der Waals surface area contributed by atoms with E-state index in [1.807, 2.05) is 0 Å². The number of hydrogen-bond donors (Lipinski definition) is 3. The van der Waals surface area contributed by atoms with Crippen molar-refractivity contribution in [3.05, 3.63) is 35.4 Å². The zero-order valence-electron chi connectivity index (χ0n) is 19.5. The zero-order chi connectivity index (χ0) is 27.2. The molecule has 2 saturated heterocycles. The first-order valence-electron chi connectivity index (χ1n) is 11.3. The molecule has 11 nitrogen and oxygen atoms in total. The molecule has 2 heterocycles. The second-order valence-corrected chi connectivity index (χ2v) is 10.00. The van der Waals surface area contributed by atoms with Crippen molar-refractivity contribution in [2.24, 2.45) is 0 Å². The highest BCUT2D eigenvalue weighted by Crippen LogP contribution is 2.50. The predicted molar refractivity (Wildman–Crippen MR) is 116 cm³/mol. The lowest BCUT2D eigenvalue weighted by Crippen LogP contribution is -2.37. The van der Waals surface area contributed by atoms with E-state index < -0.39 is 62.7 Å². The largest absolute Gasteiger partial charge is 0.476 e. The Bertz CT molecular complexity index is 931. The van der Waals surface area contributed by atoms with Crippen molar-refractivity contribution in [2.45, 2.75) is 43.4 Å². The van der Waals surface area contributed by atoms with E-state index in [-0.39, 0.29) is 19.8 Å². The molecule has 1 aromatic rings. The number of halogens is 4. The number of carbonyl (C=O) groups excluding carboxylic acids is 1. The van der Waals surface area contributed by atoms with E-state index in [2.05, 4.69) is 0 Å². The molecular weight excluding hydrogens is 533 g/mol. The highest BCUT2D eigenvalue weighted by Gasteiger charge is 2.46. The number of carbonyl (C=O) groups is 1. The molecule has 0 spiro atoms. The lowest BCUT2D eigenvalue weighted by atomic mass is 10.0. The summed E-state index contributed by atoms with van der Waals surface area (Å²) < 4.78 is 90.0. The lowest BCUT2D eigenvalue weighted by Gasteiger charge is -2.28. The highest BCUT2D eigenvalue weighted by atomic mass is 31.2. The van der Waals surface area contributed by atoms with Gasteiger partial charge in [0.25, 0.3) is 6.17 Å². The van der Waals surface area contributed by atoms with Crippen LogP contribution in [-0.2, 0) is 34.0 Å². The Morgan fingerprint density at radius 2 is 1.73 bits per heavy atom. The van der Waals surface area contributed by atoms with E-state index >= 15 is 0 Å². The Morgan fingerprint density at radius 1 is 1.08 bits per heavy atom. The molecule has 16 heteroatoms. The normalized spacial score (nSPS) is 27.6. The smallest absolute Gasteiger partial charge is 0.387 e. The summed E-state index contributed by atoms with van der Waals surface area (Å²) in [4.78, 5) is 13.4. The molecule has 2 fully saturated rings. The molecule has 3 N–H and O–H groups in total. The van der Waals surface area contributed by atoms with Crippen LogP contribution in [0.3, 0.4) is 0 Å². The van der Waals surface area contributed by atoms with Crippen molar-refractivity contribution in [3.63, 3.8) is 0 Å². The van der Waals surface area contributed by atoms with E-state index in [1.54, 1.807) is 4.90 Å². The van der Waals surface area contributed by atoms with Crippen molar-refractivity contribution < 1.29 is 65.3 Å². The van der Waals surface area contributed by atoms with Crippen LogP contribution in [-0.4, -0.2) is 109 Å². The van der Waals surface area contributed by atoms with Crippen LogP contribution in [0.25, 0.3) is 0 Å². The number of phosphoric ester groups is 1. The number of Topliss-reactive ketones (excluding diaryl/α,β-unsaturated/α-hetero) is 1. The van der Waals surface area contributed by atoms with Gasteiger partial charge in [-0.1, -0.05) is 24.3 Å². The summed E-state index contributed by atoms with van der Waals surface area (Å²) in [6.45, 7) is 0.956. The van der Waals surface area contributed by atoms with E-state index in [9.17, 15) is 42.2 Å². The van der Waals surface area contributed by atoms with Gasteiger partial charge in [0.15, 0.2) is 6.29 Å². The third-order valence-electron chi connectivity index (χ3n) is 5.63. The van der Waals surface area contributed by atoms with Crippen LogP contribution in [0.2, 0.25) is 0 Å². The minimum atomic E-state index is -5.30. The number of nitrogens with zero attached hydrogens (tertiary/aromatic N) is 1. The molecule has 0 saturated carbocycles. The molecule has 0 aromatic heterocycles. The number of ketones is 1. The zero-order valence-corrected chi connectivity index (χ0v) is 20.4. The first-order chi connectivity index (χ1) is 17.4. The van der Waals surface area contributed by atoms with Crippen molar-refractivity contribution in [2.75, 3.05) is 46.2 Å². The maximum Gasteiger partial charge on any atom is 0.476 e.